The van der Waals surface area contributed by atoms with Crippen molar-refractivity contribution in [3.63, 3.8) is 0 Å². The Morgan fingerprint density at radius 3 is 2.47 bits per heavy atom. The molecule has 2 unspecified atom stereocenters. The van der Waals surface area contributed by atoms with Crippen molar-refractivity contribution in [1.29, 1.82) is 5.26 Å². The molecule has 1 rings (SSSR count). The molecule has 3 heteroatoms. The van der Waals surface area contributed by atoms with Crippen LogP contribution < -0.4 is 10.1 Å². The summed E-state index contributed by atoms with van der Waals surface area (Å²) >= 11 is 0. The molecular formula is C14H20N2O. The number of nitrogens with one attached hydrogen (secondary N) is 1. The van der Waals surface area contributed by atoms with Crippen LogP contribution in [0.2, 0.25) is 0 Å². The van der Waals surface area contributed by atoms with Crippen LogP contribution in [0.3, 0.4) is 0 Å². The summed E-state index contributed by atoms with van der Waals surface area (Å²) < 4.78 is 5.19. The molecule has 0 aliphatic heterocycles. The average Bonchev–Trinajstić information content (AvgIpc) is 2.37. The molecule has 0 aromatic heterocycles. The van der Waals surface area contributed by atoms with Gasteiger partial charge < -0.3 is 10.1 Å². The standard InChI is InChI=1S/C14H20N2O/c1-4-11(2)12(3)16-13-5-7-14(8-6-13)17-10-9-15/h5-8,11-12,16H,4,10H2,1-3H3. The fraction of sp³-hybridized carbons (Fsp3) is 0.500. The zero-order valence-electron chi connectivity index (χ0n) is 10.7. The molecule has 0 radical (unpaired) electrons. The molecule has 2 atom stereocenters. The van der Waals surface area contributed by atoms with Crippen molar-refractivity contribution in [2.45, 2.75) is 33.2 Å². The minimum atomic E-state index is 0.0933. The van der Waals surface area contributed by atoms with E-state index >= 15 is 0 Å². The molecule has 17 heavy (non-hydrogen) atoms. The van der Waals surface area contributed by atoms with Gasteiger partial charge in [-0.2, -0.15) is 5.26 Å². The number of ether oxygens (including phenoxy) is 1. The van der Waals surface area contributed by atoms with Crippen molar-refractivity contribution in [3.05, 3.63) is 24.3 Å². The number of rotatable bonds is 6. The lowest BCUT2D eigenvalue weighted by Crippen LogP contribution is -2.23. The Bertz CT molecular complexity index is 367. The van der Waals surface area contributed by atoms with Crippen LogP contribution in [0.15, 0.2) is 24.3 Å². The highest BCUT2D eigenvalue weighted by Crippen LogP contribution is 2.18. The molecule has 0 aliphatic carbocycles. The monoisotopic (exact) mass is 232 g/mol. The van der Waals surface area contributed by atoms with Crippen molar-refractivity contribution in [2.24, 2.45) is 5.92 Å². The van der Waals surface area contributed by atoms with Gasteiger partial charge in [-0.25, -0.2) is 0 Å². The second kappa shape index (κ2) is 6.80. The van der Waals surface area contributed by atoms with Crippen molar-refractivity contribution in [1.82, 2.24) is 0 Å². The van der Waals surface area contributed by atoms with E-state index in [4.69, 9.17) is 10.00 Å². The van der Waals surface area contributed by atoms with Crippen LogP contribution in [0.5, 0.6) is 5.75 Å². The van der Waals surface area contributed by atoms with Crippen molar-refractivity contribution in [3.8, 4) is 11.8 Å². The van der Waals surface area contributed by atoms with E-state index < -0.39 is 0 Å². The van der Waals surface area contributed by atoms with E-state index in [9.17, 15) is 0 Å². The van der Waals surface area contributed by atoms with Gasteiger partial charge in [0.25, 0.3) is 0 Å². The summed E-state index contributed by atoms with van der Waals surface area (Å²) in [6.07, 6.45) is 1.16. The molecule has 0 saturated heterocycles. The first kappa shape index (κ1) is 13.4. The van der Waals surface area contributed by atoms with Gasteiger partial charge in [0.2, 0.25) is 0 Å². The molecule has 1 N–H and O–H groups in total. The molecule has 1 aromatic carbocycles. The maximum atomic E-state index is 8.40. The molecular weight excluding hydrogens is 212 g/mol. The predicted molar refractivity (Wildman–Crippen MR) is 70.1 cm³/mol. The van der Waals surface area contributed by atoms with E-state index in [1.165, 1.54) is 0 Å². The van der Waals surface area contributed by atoms with E-state index in [0.717, 1.165) is 17.9 Å². The van der Waals surface area contributed by atoms with Gasteiger partial charge in [0.15, 0.2) is 6.61 Å². The third-order valence-electron chi connectivity index (χ3n) is 3.05. The first-order valence-electron chi connectivity index (χ1n) is 6.03. The Balaban J connectivity index is 2.53. The normalized spacial score (nSPS) is 13.5. The van der Waals surface area contributed by atoms with E-state index in [1.807, 2.05) is 30.3 Å². The van der Waals surface area contributed by atoms with Crippen LogP contribution >= 0.6 is 0 Å². The van der Waals surface area contributed by atoms with Crippen molar-refractivity contribution in [2.75, 3.05) is 11.9 Å². The fourth-order valence-corrected chi connectivity index (χ4v) is 1.52. The maximum absolute atomic E-state index is 8.40. The molecule has 1 aromatic rings. The second-order valence-electron chi connectivity index (χ2n) is 4.29. The molecule has 92 valence electrons. The number of nitriles is 1. The zero-order chi connectivity index (χ0) is 12.7. The first-order chi connectivity index (χ1) is 8.17. The van der Waals surface area contributed by atoms with Gasteiger partial charge in [-0.05, 0) is 37.1 Å². The fourth-order valence-electron chi connectivity index (χ4n) is 1.52. The van der Waals surface area contributed by atoms with E-state index in [-0.39, 0.29) is 6.61 Å². The smallest absolute Gasteiger partial charge is 0.174 e. The van der Waals surface area contributed by atoms with Gasteiger partial charge in [0.1, 0.15) is 11.8 Å². The van der Waals surface area contributed by atoms with Gasteiger partial charge in [-0.1, -0.05) is 20.3 Å². The zero-order valence-corrected chi connectivity index (χ0v) is 10.7. The van der Waals surface area contributed by atoms with Crippen LogP contribution in [0.25, 0.3) is 0 Å². The largest absolute Gasteiger partial charge is 0.479 e. The Hall–Kier alpha value is -1.69. The van der Waals surface area contributed by atoms with E-state index in [0.29, 0.717) is 12.0 Å². The molecule has 0 heterocycles. The highest BCUT2D eigenvalue weighted by Gasteiger charge is 2.09. The molecule has 0 aliphatic rings. The van der Waals surface area contributed by atoms with Crippen LogP contribution in [0.4, 0.5) is 5.69 Å². The summed E-state index contributed by atoms with van der Waals surface area (Å²) in [5.74, 6) is 1.37. The predicted octanol–water partition coefficient (Wildman–Crippen LogP) is 3.44. The molecule has 0 saturated carbocycles. The molecule has 0 bridgehead atoms. The van der Waals surface area contributed by atoms with Gasteiger partial charge in [0.05, 0.1) is 0 Å². The summed E-state index contributed by atoms with van der Waals surface area (Å²) in [5.41, 5.74) is 1.09. The van der Waals surface area contributed by atoms with Crippen molar-refractivity contribution >= 4 is 5.69 Å². The quantitative estimate of drug-likeness (QED) is 0.817. The van der Waals surface area contributed by atoms with Gasteiger partial charge in [-0.3, -0.25) is 0 Å². The third kappa shape index (κ3) is 4.36. The van der Waals surface area contributed by atoms with Gasteiger partial charge >= 0.3 is 0 Å². The van der Waals surface area contributed by atoms with Gasteiger partial charge in [-0.15, -0.1) is 0 Å². The molecule has 0 fully saturated rings. The summed E-state index contributed by atoms with van der Waals surface area (Å²) in [7, 11) is 0. The molecule has 3 nitrogen and oxygen atoms in total. The lowest BCUT2D eigenvalue weighted by molar-refractivity contribution is 0.368. The summed E-state index contributed by atoms with van der Waals surface area (Å²) in [5, 5.41) is 11.9. The lowest BCUT2D eigenvalue weighted by Gasteiger charge is -2.21. The molecule has 0 amide bonds. The second-order valence-corrected chi connectivity index (χ2v) is 4.29. The van der Waals surface area contributed by atoms with E-state index in [1.54, 1.807) is 0 Å². The average molecular weight is 232 g/mol. The third-order valence-corrected chi connectivity index (χ3v) is 3.05. The topological polar surface area (TPSA) is 45.0 Å². The summed E-state index contributed by atoms with van der Waals surface area (Å²) in [4.78, 5) is 0. The Morgan fingerprint density at radius 2 is 1.94 bits per heavy atom. The highest BCUT2D eigenvalue weighted by atomic mass is 16.5. The number of nitrogens with zero attached hydrogens (tertiary/aromatic N) is 1. The Kier molecular flexibility index (Phi) is 5.35. The number of benzene rings is 1. The van der Waals surface area contributed by atoms with Crippen LogP contribution in [-0.4, -0.2) is 12.6 Å². The lowest BCUT2D eigenvalue weighted by atomic mass is 10.0. The summed E-state index contributed by atoms with van der Waals surface area (Å²) in [6, 6.07) is 10.1. The van der Waals surface area contributed by atoms with E-state index in [2.05, 4.69) is 26.1 Å². The minimum Gasteiger partial charge on any atom is -0.479 e. The van der Waals surface area contributed by atoms with Crippen LogP contribution in [0, 0.1) is 17.2 Å². The van der Waals surface area contributed by atoms with Crippen LogP contribution in [-0.2, 0) is 0 Å². The van der Waals surface area contributed by atoms with Gasteiger partial charge in [0, 0.05) is 11.7 Å². The Labute approximate surface area is 103 Å². The molecule has 0 spiro atoms. The first-order valence-corrected chi connectivity index (χ1v) is 6.03. The Morgan fingerprint density at radius 1 is 1.29 bits per heavy atom. The SMILES string of the molecule is CCC(C)C(C)Nc1ccc(OCC#N)cc1. The number of anilines is 1. The highest BCUT2D eigenvalue weighted by molar-refractivity contribution is 5.47. The number of hydrogen-bond donors (Lipinski definition) is 1. The van der Waals surface area contributed by atoms with Crippen molar-refractivity contribution < 1.29 is 4.74 Å². The minimum absolute atomic E-state index is 0.0933. The van der Waals surface area contributed by atoms with Crippen LogP contribution in [0.1, 0.15) is 27.2 Å². The number of hydrogen-bond acceptors (Lipinski definition) is 3. The summed E-state index contributed by atoms with van der Waals surface area (Å²) in [6.45, 7) is 6.72. The maximum Gasteiger partial charge on any atom is 0.174 e.